The number of hydrogen-bond donors (Lipinski definition) is 1. The summed E-state index contributed by atoms with van der Waals surface area (Å²) in [6, 6.07) is 8.97. The molecule has 3 aromatic rings. The molecule has 146 valence electrons. The molecule has 28 heavy (non-hydrogen) atoms. The highest BCUT2D eigenvalue weighted by Gasteiger charge is 2.17. The number of carbonyl (C=O) groups is 2. The first-order valence-corrected chi connectivity index (χ1v) is 10.6. The molecular formula is C18H17ClN4O3S2. The van der Waals surface area contributed by atoms with E-state index in [0.717, 1.165) is 5.56 Å². The van der Waals surface area contributed by atoms with Crippen molar-refractivity contribution in [1.29, 1.82) is 0 Å². The zero-order valence-corrected chi connectivity index (χ0v) is 17.5. The number of thioether (sulfide) groups is 1. The highest BCUT2D eigenvalue weighted by molar-refractivity contribution is 7.99. The van der Waals surface area contributed by atoms with Gasteiger partial charge in [0.15, 0.2) is 11.0 Å². The van der Waals surface area contributed by atoms with Crippen molar-refractivity contribution in [3.63, 3.8) is 0 Å². The number of benzene rings is 1. The Morgan fingerprint density at radius 1 is 1.25 bits per heavy atom. The molecule has 0 radical (unpaired) electrons. The number of amides is 1. The van der Waals surface area contributed by atoms with Crippen LogP contribution in [0.3, 0.4) is 0 Å². The van der Waals surface area contributed by atoms with Crippen LogP contribution >= 0.6 is 34.7 Å². The molecule has 0 atom stereocenters. The first-order chi connectivity index (χ1) is 13.5. The van der Waals surface area contributed by atoms with Crippen LogP contribution in [-0.4, -0.2) is 39.5 Å². The van der Waals surface area contributed by atoms with Crippen LogP contribution in [0.15, 0.2) is 40.9 Å². The zero-order valence-electron chi connectivity index (χ0n) is 15.1. The Kier molecular flexibility index (Phi) is 6.71. The number of hydrogen-bond acceptors (Lipinski definition) is 7. The molecule has 7 nitrogen and oxygen atoms in total. The van der Waals surface area contributed by atoms with Crippen molar-refractivity contribution in [3.8, 4) is 11.4 Å². The van der Waals surface area contributed by atoms with Crippen molar-refractivity contribution in [2.45, 2.75) is 18.6 Å². The summed E-state index contributed by atoms with van der Waals surface area (Å²) in [5.41, 5.74) is 1.24. The molecule has 2 heterocycles. The molecular weight excluding hydrogens is 420 g/mol. The van der Waals surface area contributed by atoms with Crippen LogP contribution in [0, 0.1) is 0 Å². The number of ether oxygens (including phenoxy) is 1. The molecule has 0 fully saturated rings. The number of esters is 1. The van der Waals surface area contributed by atoms with E-state index >= 15 is 0 Å². The Bertz CT molecular complexity index is 985. The summed E-state index contributed by atoms with van der Waals surface area (Å²) in [7, 11) is 1.30. The third kappa shape index (κ3) is 4.54. The molecule has 0 spiro atoms. The van der Waals surface area contributed by atoms with Crippen LogP contribution in [0.4, 0.5) is 5.00 Å². The van der Waals surface area contributed by atoms with Crippen molar-refractivity contribution in [2.24, 2.45) is 0 Å². The van der Waals surface area contributed by atoms with Gasteiger partial charge in [-0.2, -0.15) is 0 Å². The summed E-state index contributed by atoms with van der Waals surface area (Å²) in [6.07, 6.45) is 0. The molecule has 1 N–H and O–H groups in total. The number of nitrogens with one attached hydrogen (secondary N) is 1. The van der Waals surface area contributed by atoms with E-state index < -0.39 is 5.97 Å². The van der Waals surface area contributed by atoms with Crippen LogP contribution < -0.4 is 5.32 Å². The molecule has 0 aliphatic heterocycles. The van der Waals surface area contributed by atoms with Gasteiger partial charge in [0.2, 0.25) is 5.91 Å². The van der Waals surface area contributed by atoms with E-state index in [1.807, 2.05) is 23.6 Å². The molecule has 0 aliphatic carbocycles. The number of carbonyl (C=O) groups excluding carboxylic acids is 2. The fourth-order valence-electron chi connectivity index (χ4n) is 2.46. The van der Waals surface area contributed by atoms with E-state index in [1.165, 1.54) is 30.2 Å². The summed E-state index contributed by atoms with van der Waals surface area (Å²) in [6.45, 7) is 2.65. The largest absolute Gasteiger partial charge is 0.465 e. The number of nitrogens with zero attached hydrogens (tertiary/aromatic N) is 3. The standard InChI is InChI=1S/C18H17ClN4O3S2/c1-3-23-15(11-4-6-12(19)7-5-11)21-22-18(23)28-10-14(24)20-16-13(8-9-27-16)17(25)26-2/h4-9H,3,10H2,1-2H3,(H,20,24). The number of thiophene rings is 1. The average molecular weight is 437 g/mol. The topological polar surface area (TPSA) is 86.1 Å². The SMILES string of the molecule is CCn1c(SCC(=O)Nc2sccc2C(=O)OC)nnc1-c1ccc(Cl)cc1. The fourth-order valence-corrected chi connectivity index (χ4v) is 4.18. The van der Waals surface area contributed by atoms with Crippen LogP contribution in [-0.2, 0) is 16.1 Å². The van der Waals surface area contributed by atoms with Crippen molar-refractivity contribution in [2.75, 3.05) is 18.2 Å². The highest BCUT2D eigenvalue weighted by Crippen LogP contribution is 2.27. The molecule has 0 bridgehead atoms. The Morgan fingerprint density at radius 2 is 2.00 bits per heavy atom. The molecule has 1 amide bonds. The second-order valence-corrected chi connectivity index (χ2v) is 7.84. The van der Waals surface area contributed by atoms with Gasteiger partial charge < -0.3 is 14.6 Å². The minimum Gasteiger partial charge on any atom is -0.465 e. The van der Waals surface area contributed by atoms with Crippen LogP contribution in [0.2, 0.25) is 5.02 Å². The van der Waals surface area contributed by atoms with E-state index in [-0.39, 0.29) is 11.7 Å². The molecule has 10 heteroatoms. The van der Waals surface area contributed by atoms with E-state index in [1.54, 1.807) is 23.6 Å². The molecule has 1 aromatic carbocycles. The first-order valence-electron chi connectivity index (χ1n) is 8.31. The van der Waals surface area contributed by atoms with Gasteiger partial charge in [-0.1, -0.05) is 23.4 Å². The Morgan fingerprint density at radius 3 is 2.68 bits per heavy atom. The maximum Gasteiger partial charge on any atom is 0.340 e. The van der Waals surface area contributed by atoms with E-state index in [2.05, 4.69) is 15.5 Å². The molecule has 0 aliphatic rings. The van der Waals surface area contributed by atoms with Crippen molar-refractivity contribution < 1.29 is 14.3 Å². The van der Waals surface area contributed by atoms with Crippen molar-refractivity contribution in [3.05, 3.63) is 46.3 Å². The molecule has 0 saturated heterocycles. The summed E-state index contributed by atoms with van der Waals surface area (Å²) < 4.78 is 6.65. The molecule has 0 unspecified atom stereocenters. The van der Waals surface area contributed by atoms with Gasteiger partial charge in [-0.15, -0.1) is 21.5 Å². The van der Waals surface area contributed by atoms with E-state index in [9.17, 15) is 9.59 Å². The normalized spacial score (nSPS) is 10.7. The minimum absolute atomic E-state index is 0.136. The lowest BCUT2D eigenvalue weighted by Gasteiger charge is -2.08. The van der Waals surface area contributed by atoms with Gasteiger partial charge in [0, 0.05) is 17.1 Å². The summed E-state index contributed by atoms with van der Waals surface area (Å²) >= 11 is 8.49. The molecule has 0 saturated carbocycles. The second-order valence-electron chi connectivity index (χ2n) is 5.55. The number of anilines is 1. The number of halogens is 1. The quantitative estimate of drug-likeness (QED) is 0.441. The lowest BCUT2D eigenvalue weighted by atomic mass is 10.2. The van der Waals surface area contributed by atoms with Gasteiger partial charge in [0.05, 0.1) is 18.4 Å². The number of methoxy groups -OCH3 is 1. The monoisotopic (exact) mass is 436 g/mol. The summed E-state index contributed by atoms with van der Waals surface area (Å²) in [4.78, 5) is 24.0. The van der Waals surface area contributed by atoms with E-state index in [0.29, 0.717) is 33.1 Å². The minimum atomic E-state index is -0.484. The third-order valence-electron chi connectivity index (χ3n) is 3.79. The van der Waals surface area contributed by atoms with Crippen LogP contribution in [0.25, 0.3) is 11.4 Å². The lowest BCUT2D eigenvalue weighted by Crippen LogP contribution is -2.16. The Balaban J connectivity index is 1.68. The predicted molar refractivity (Wildman–Crippen MR) is 111 cm³/mol. The van der Waals surface area contributed by atoms with Crippen LogP contribution in [0.5, 0.6) is 0 Å². The van der Waals surface area contributed by atoms with Gasteiger partial charge in [-0.05, 0) is 42.6 Å². The summed E-state index contributed by atoms with van der Waals surface area (Å²) in [5, 5.41) is 14.7. The van der Waals surface area contributed by atoms with Gasteiger partial charge >= 0.3 is 5.97 Å². The Hall–Kier alpha value is -2.36. The smallest absolute Gasteiger partial charge is 0.340 e. The maximum atomic E-state index is 12.3. The van der Waals surface area contributed by atoms with Gasteiger partial charge in [0.1, 0.15) is 5.00 Å². The summed E-state index contributed by atoms with van der Waals surface area (Å²) in [5.74, 6) is 0.129. The molecule has 3 rings (SSSR count). The van der Waals surface area contributed by atoms with Gasteiger partial charge in [0.25, 0.3) is 0 Å². The predicted octanol–water partition coefficient (Wildman–Crippen LogP) is 4.20. The molecule has 2 aromatic heterocycles. The lowest BCUT2D eigenvalue weighted by molar-refractivity contribution is -0.113. The highest BCUT2D eigenvalue weighted by atomic mass is 35.5. The van der Waals surface area contributed by atoms with E-state index in [4.69, 9.17) is 16.3 Å². The number of aromatic nitrogens is 3. The van der Waals surface area contributed by atoms with Gasteiger partial charge in [-0.3, -0.25) is 4.79 Å². The Labute approximate surface area is 175 Å². The first kappa shape index (κ1) is 20.4. The fraction of sp³-hybridized carbons (Fsp3) is 0.222. The zero-order chi connectivity index (χ0) is 20.1. The van der Waals surface area contributed by atoms with Crippen LogP contribution in [0.1, 0.15) is 17.3 Å². The van der Waals surface area contributed by atoms with Crippen molar-refractivity contribution in [1.82, 2.24) is 14.8 Å². The van der Waals surface area contributed by atoms with Gasteiger partial charge in [-0.25, -0.2) is 4.79 Å². The van der Waals surface area contributed by atoms with Crippen molar-refractivity contribution >= 4 is 51.6 Å². The average Bonchev–Trinajstić information content (AvgIpc) is 3.33. The maximum absolute atomic E-state index is 12.3. The second kappa shape index (κ2) is 9.22. The third-order valence-corrected chi connectivity index (χ3v) is 5.84. The number of rotatable bonds is 7.